The summed E-state index contributed by atoms with van der Waals surface area (Å²) in [7, 11) is 0. The second-order valence-corrected chi connectivity index (χ2v) is 6.00. The maximum absolute atomic E-state index is 13.3. The average Bonchev–Trinajstić information content (AvgIpc) is 2.54. The van der Waals surface area contributed by atoms with Crippen LogP contribution < -0.4 is 16.8 Å². The molecular weight excluding hydrogens is 321 g/mol. The van der Waals surface area contributed by atoms with E-state index in [4.69, 9.17) is 16.2 Å². The Kier molecular flexibility index (Phi) is 4.27. The molecule has 0 radical (unpaired) electrons. The maximum Gasteiger partial charge on any atom is 0.417 e. The maximum atomic E-state index is 13.3. The van der Waals surface area contributed by atoms with Crippen LogP contribution in [0.4, 0.5) is 13.2 Å². The van der Waals surface area contributed by atoms with Crippen LogP contribution in [0.3, 0.4) is 0 Å². The van der Waals surface area contributed by atoms with Gasteiger partial charge in [-0.1, -0.05) is 18.2 Å². The molecule has 1 aromatic carbocycles. The quantitative estimate of drug-likeness (QED) is 0.768. The van der Waals surface area contributed by atoms with Crippen molar-refractivity contribution in [1.29, 1.82) is 0 Å². The van der Waals surface area contributed by atoms with E-state index in [1.165, 1.54) is 18.2 Å². The van der Waals surface area contributed by atoms with Crippen LogP contribution in [0.25, 0.3) is 0 Å². The van der Waals surface area contributed by atoms with Crippen LogP contribution in [-0.4, -0.2) is 24.7 Å². The number of hydrogen-bond acceptors (Lipinski definition) is 5. The summed E-state index contributed by atoms with van der Waals surface area (Å²) in [5, 5.41) is 2.72. The molecule has 0 spiro atoms. The molecule has 1 unspecified atom stereocenters. The molecule has 5 N–H and O–H groups in total. The van der Waals surface area contributed by atoms with Gasteiger partial charge in [0.2, 0.25) is 0 Å². The Morgan fingerprint density at radius 1 is 1.21 bits per heavy atom. The fourth-order valence-corrected chi connectivity index (χ4v) is 3.11. The number of ether oxygens (including phenoxy) is 1. The number of benzene rings is 1. The van der Waals surface area contributed by atoms with E-state index in [2.05, 4.69) is 10.3 Å². The Morgan fingerprint density at radius 2 is 1.88 bits per heavy atom. The number of rotatable bonds is 2. The van der Waals surface area contributed by atoms with Gasteiger partial charge in [-0.25, -0.2) is 4.99 Å². The summed E-state index contributed by atoms with van der Waals surface area (Å²) in [4.78, 5) is 4.40. The number of hydrogen-bond donors (Lipinski definition) is 3. The summed E-state index contributed by atoms with van der Waals surface area (Å²) in [6.45, 7) is 1.10. The number of alkyl halides is 3. The minimum absolute atomic E-state index is 0.0388. The lowest BCUT2D eigenvalue weighted by molar-refractivity contribution is -0.137. The van der Waals surface area contributed by atoms with Crippen molar-refractivity contribution in [3.05, 3.63) is 47.3 Å². The fraction of sp³-hybridized carbons (Fsp3) is 0.438. The number of amidine groups is 1. The lowest BCUT2D eigenvalue weighted by Crippen LogP contribution is -2.52. The van der Waals surface area contributed by atoms with Crippen LogP contribution in [0.15, 0.2) is 41.2 Å². The Hall–Kier alpha value is -2.06. The van der Waals surface area contributed by atoms with E-state index in [0.29, 0.717) is 26.1 Å². The first-order valence-corrected chi connectivity index (χ1v) is 7.68. The molecule has 0 amide bonds. The van der Waals surface area contributed by atoms with Crippen molar-refractivity contribution in [2.45, 2.75) is 24.7 Å². The van der Waals surface area contributed by atoms with Gasteiger partial charge in [-0.3, -0.25) is 0 Å². The van der Waals surface area contributed by atoms with E-state index in [0.717, 1.165) is 6.07 Å². The number of halogens is 3. The zero-order valence-electron chi connectivity index (χ0n) is 12.9. The number of nitrogens with two attached hydrogens (primary N) is 2. The molecule has 2 aliphatic heterocycles. The highest BCUT2D eigenvalue weighted by molar-refractivity contribution is 6.02. The van der Waals surface area contributed by atoms with Crippen LogP contribution in [0.1, 0.15) is 24.0 Å². The molecule has 2 aliphatic rings. The molecule has 1 fully saturated rings. The third-order valence-corrected chi connectivity index (χ3v) is 4.32. The number of aliphatic imine (C=N–C) groups is 1. The highest BCUT2D eigenvalue weighted by Gasteiger charge is 2.39. The fourth-order valence-electron chi connectivity index (χ4n) is 3.11. The van der Waals surface area contributed by atoms with Gasteiger partial charge in [0.15, 0.2) is 0 Å². The molecule has 5 nitrogen and oxygen atoms in total. The summed E-state index contributed by atoms with van der Waals surface area (Å²) >= 11 is 0. The summed E-state index contributed by atoms with van der Waals surface area (Å²) in [5.74, 6) is 0.197. The van der Waals surface area contributed by atoms with Crippen molar-refractivity contribution < 1.29 is 17.9 Å². The summed E-state index contributed by atoms with van der Waals surface area (Å²) < 4.78 is 45.1. The Labute approximate surface area is 137 Å². The van der Waals surface area contributed by atoms with Crippen LogP contribution in [0.5, 0.6) is 0 Å². The number of nitrogens with one attached hydrogen (secondary N) is 1. The van der Waals surface area contributed by atoms with Crippen molar-refractivity contribution in [2.24, 2.45) is 22.4 Å². The minimum Gasteiger partial charge on any atom is -0.385 e. The van der Waals surface area contributed by atoms with Gasteiger partial charge in [0.05, 0.1) is 5.56 Å². The van der Waals surface area contributed by atoms with Gasteiger partial charge in [-0.05, 0) is 25.0 Å². The molecule has 130 valence electrons. The van der Waals surface area contributed by atoms with E-state index >= 15 is 0 Å². The topological polar surface area (TPSA) is 85.7 Å². The van der Waals surface area contributed by atoms with Gasteiger partial charge in [-0.15, -0.1) is 0 Å². The molecule has 8 heteroatoms. The predicted molar refractivity (Wildman–Crippen MR) is 83.8 cm³/mol. The lowest BCUT2D eigenvalue weighted by Gasteiger charge is -2.37. The third kappa shape index (κ3) is 3.25. The Bertz CT molecular complexity index is 680. The molecule has 24 heavy (non-hydrogen) atoms. The first kappa shape index (κ1) is 16.8. The zero-order valence-corrected chi connectivity index (χ0v) is 12.9. The van der Waals surface area contributed by atoms with Crippen molar-refractivity contribution in [3.63, 3.8) is 0 Å². The molecule has 1 aromatic rings. The van der Waals surface area contributed by atoms with Crippen molar-refractivity contribution in [2.75, 3.05) is 13.2 Å². The predicted octanol–water partition coefficient (Wildman–Crippen LogP) is 1.94. The van der Waals surface area contributed by atoms with Crippen molar-refractivity contribution in [3.8, 4) is 0 Å². The van der Waals surface area contributed by atoms with E-state index in [1.54, 1.807) is 6.08 Å². The second-order valence-electron chi connectivity index (χ2n) is 6.00. The van der Waals surface area contributed by atoms with E-state index in [1.807, 2.05) is 0 Å². The molecule has 0 aliphatic carbocycles. The smallest absolute Gasteiger partial charge is 0.385 e. The molecule has 0 saturated carbocycles. The molecule has 1 atom stereocenters. The molecule has 0 bridgehead atoms. The van der Waals surface area contributed by atoms with Crippen molar-refractivity contribution in [1.82, 2.24) is 5.32 Å². The van der Waals surface area contributed by atoms with Gasteiger partial charge in [-0.2, -0.15) is 13.2 Å². The van der Waals surface area contributed by atoms with Gasteiger partial charge < -0.3 is 21.5 Å². The van der Waals surface area contributed by atoms with Crippen LogP contribution >= 0.6 is 0 Å². The monoisotopic (exact) mass is 340 g/mol. The number of nitrogens with zero attached hydrogens (tertiary/aromatic N) is 1. The normalized spacial score (nSPS) is 25.7. The van der Waals surface area contributed by atoms with Gasteiger partial charge in [0.25, 0.3) is 0 Å². The van der Waals surface area contributed by atoms with Gasteiger partial charge in [0, 0.05) is 24.7 Å². The van der Waals surface area contributed by atoms with E-state index in [9.17, 15) is 13.2 Å². The van der Waals surface area contributed by atoms with E-state index < -0.39 is 17.4 Å². The lowest BCUT2D eigenvalue weighted by atomic mass is 9.85. The average molecular weight is 340 g/mol. The largest absolute Gasteiger partial charge is 0.417 e. The summed E-state index contributed by atoms with van der Waals surface area (Å²) in [6, 6.07) is 5.23. The van der Waals surface area contributed by atoms with E-state index in [-0.39, 0.29) is 23.1 Å². The standard InChI is InChI=1S/C16H19F3N4O/c17-16(18,19)12-4-2-1-3-11(12)14-22-13(20)9-15(21,23-14)10-5-7-24-8-6-10/h1-4,9-10H,5-8,20-21H2,(H,22,23). The third-order valence-electron chi connectivity index (χ3n) is 4.32. The highest BCUT2D eigenvalue weighted by Crippen LogP contribution is 2.34. The summed E-state index contributed by atoms with van der Waals surface area (Å²) in [6.07, 6.45) is -1.56. The first-order valence-electron chi connectivity index (χ1n) is 7.68. The zero-order chi connectivity index (χ0) is 17.4. The van der Waals surface area contributed by atoms with Crippen LogP contribution in [-0.2, 0) is 10.9 Å². The van der Waals surface area contributed by atoms with Crippen molar-refractivity contribution >= 4 is 5.84 Å². The molecule has 3 rings (SSSR count). The highest BCUT2D eigenvalue weighted by atomic mass is 19.4. The molecule has 1 saturated heterocycles. The minimum atomic E-state index is -4.49. The molecule has 2 heterocycles. The SMILES string of the molecule is NC1=CC(N)(C2CCOCC2)N=C(c2ccccc2C(F)(F)F)N1. The van der Waals surface area contributed by atoms with Gasteiger partial charge >= 0.3 is 6.18 Å². The Balaban J connectivity index is 2.02. The Morgan fingerprint density at radius 3 is 2.54 bits per heavy atom. The molecular formula is C16H19F3N4O. The second kappa shape index (κ2) is 6.10. The summed E-state index contributed by atoms with van der Waals surface area (Å²) in [5.41, 5.74) is 10.3. The first-order chi connectivity index (χ1) is 11.3. The van der Waals surface area contributed by atoms with Crippen LogP contribution in [0.2, 0.25) is 0 Å². The molecule has 0 aromatic heterocycles. The van der Waals surface area contributed by atoms with Gasteiger partial charge in [0.1, 0.15) is 17.3 Å². The van der Waals surface area contributed by atoms with Crippen LogP contribution in [0, 0.1) is 5.92 Å².